The van der Waals surface area contributed by atoms with E-state index in [2.05, 4.69) is 62.2 Å². The van der Waals surface area contributed by atoms with Crippen molar-refractivity contribution in [2.24, 2.45) is 0 Å². The number of piperidine rings is 1. The fraction of sp³-hybridized carbons (Fsp3) is 0.258. The molecule has 10 nitrogen and oxygen atoms in total. The first-order valence-corrected chi connectivity index (χ1v) is 14.8. The molecular weight excluding hydrogens is 550 g/mol. The van der Waals surface area contributed by atoms with E-state index in [-0.39, 0.29) is 12.1 Å². The van der Waals surface area contributed by atoms with Crippen molar-refractivity contribution < 1.29 is 14.6 Å². The van der Waals surface area contributed by atoms with Crippen LogP contribution in [-0.4, -0.2) is 55.2 Å². The molecule has 0 spiro atoms. The molecule has 0 radical (unpaired) electrons. The van der Waals surface area contributed by atoms with Gasteiger partial charge in [0.25, 0.3) is 0 Å². The maximum absolute atomic E-state index is 11.4. The van der Waals surface area contributed by atoms with Crippen LogP contribution < -0.4 is 15.4 Å². The molecule has 1 aliphatic rings. The van der Waals surface area contributed by atoms with Gasteiger partial charge in [-0.25, -0.2) is 24.7 Å². The highest BCUT2D eigenvalue weighted by Gasteiger charge is 2.24. The van der Waals surface area contributed by atoms with Gasteiger partial charge in [0.1, 0.15) is 5.75 Å². The zero-order valence-electron chi connectivity index (χ0n) is 23.3. The van der Waals surface area contributed by atoms with Gasteiger partial charge in [-0.2, -0.15) is 0 Å². The molecule has 2 aromatic carbocycles. The number of thiazole rings is 1. The number of nitrogens with one attached hydrogen (secondary N) is 2. The Balaban J connectivity index is 1.29. The summed E-state index contributed by atoms with van der Waals surface area (Å²) in [6.45, 7) is 5.05. The average molecular weight is 582 g/mol. The van der Waals surface area contributed by atoms with E-state index in [0.717, 1.165) is 51.9 Å². The van der Waals surface area contributed by atoms with Gasteiger partial charge in [-0.3, -0.25) is 0 Å². The average Bonchev–Trinajstić information content (AvgIpc) is 3.55. The van der Waals surface area contributed by atoms with Crippen LogP contribution in [0.1, 0.15) is 37.1 Å². The Labute approximate surface area is 247 Å². The molecule has 1 saturated heterocycles. The number of aryl methyl sites for hydroxylation is 1. The zero-order valence-corrected chi connectivity index (χ0v) is 24.1. The van der Waals surface area contributed by atoms with E-state index in [1.54, 1.807) is 23.7 Å². The Morgan fingerprint density at radius 3 is 2.83 bits per heavy atom. The molecule has 3 aromatic heterocycles. The summed E-state index contributed by atoms with van der Waals surface area (Å²) in [4.78, 5) is 31.0. The molecule has 4 heterocycles. The van der Waals surface area contributed by atoms with Crippen LogP contribution in [0.2, 0.25) is 0 Å². The summed E-state index contributed by atoms with van der Waals surface area (Å²) in [6.07, 6.45) is 4.11. The van der Waals surface area contributed by atoms with Crippen molar-refractivity contribution in [2.45, 2.75) is 38.8 Å². The molecule has 1 amide bonds. The largest absolute Gasteiger partial charge is 0.465 e. The standard InChI is InChI=1S/C31H31N7O3S/c1-19-10-11-22-23(7-3-9-25(22)35-20(2)27-17-42-18-34-27)28(19)41-29-24(8-4-13-32-29)26-12-14-33-30(37-26)36-21-6-5-15-38(16-21)31(39)40/h3-4,7-14,17-18,20-21,35H,5-6,15-16H2,1-2H3,(H,39,40)(H,33,36,37)/t20?,21-/m0/s1. The minimum Gasteiger partial charge on any atom is -0.465 e. The summed E-state index contributed by atoms with van der Waals surface area (Å²) in [5.74, 6) is 1.59. The molecule has 0 aliphatic carbocycles. The first-order valence-electron chi connectivity index (χ1n) is 13.8. The molecule has 6 rings (SSSR count). The molecule has 3 N–H and O–H groups in total. The van der Waals surface area contributed by atoms with Crippen molar-refractivity contribution in [3.05, 3.63) is 83.1 Å². The Kier molecular flexibility index (Phi) is 7.83. The van der Waals surface area contributed by atoms with Crippen LogP contribution in [0.25, 0.3) is 22.0 Å². The monoisotopic (exact) mass is 581 g/mol. The van der Waals surface area contributed by atoms with Crippen LogP contribution in [0, 0.1) is 6.92 Å². The highest BCUT2D eigenvalue weighted by Crippen LogP contribution is 2.39. The van der Waals surface area contributed by atoms with Gasteiger partial charge in [0, 0.05) is 53.4 Å². The highest BCUT2D eigenvalue weighted by molar-refractivity contribution is 7.07. The molecule has 1 unspecified atom stereocenters. The summed E-state index contributed by atoms with van der Waals surface area (Å²) in [6, 6.07) is 15.9. The molecule has 42 heavy (non-hydrogen) atoms. The van der Waals surface area contributed by atoms with Gasteiger partial charge in [-0.1, -0.05) is 24.3 Å². The van der Waals surface area contributed by atoms with Crippen molar-refractivity contribution in [1.82, 2.24) is 24.8 Å². The SMILES string of the molecule is Cc1ccc2c(NC(C)c3cscn3)cccc2c1Oc1ncccc1-c1ccnc(N[C@H]2CCCN(C(=O)O)C2)n1. The lowest BCUT2D eigenvalue weighted by atomic mass is 10.0. The van der Waals surface area contributed by atoms with E-state index in [0.29, 0.717) is 30.6 Å². The zero-order chi connectivity index (χ0) is 29.1. The molecule has 0 bridgehead atoms. The third-order valence-corrected chi connectivity index (χ3v) is 8.01. The lowest BCUT2D eigenvalue weighted by Crippen LogP contribution is -2.44. The fourth-order valence-electron chi connectivity index (χ4n) is 5.24. The number of amides is 1. The maximum atomic E-state index is 11.4. The Hall–Kier alpha value is -4.77. The number of nitrogens with zero attached hydrogens (tertiary/aromatic N) is 5. The maximum Gasteiger partial charge on any atom is 0.407 e. The fourth-order valence-corrected chi connectivity index (χ4v) is 5.88. The number of carboxylic acid groups (broad SMARTS) is 1. The minimum absolute atomic E-state index is 0.0521. The van der Waals surface area contributed by atoms with Crippen molar-refractivity contribution in [3.63, 3.8) is 0 Å². The number of likely N-dealkylation sites (tertiary alicyclic amines) is 1. The van der Waals surface area contributed by atoms with E-state index in [9.17, 15) is 9.90 Å². The minimum atomic E-state index is -0.908. The third-order valence-electron chi connectivity index (χ3n) is 7.40. The lowest BCUT2D eigenvalue weighted by molar-refractivity contribution is 0.132. The van der Waals surface area contributed by atoms with Crippen LogP contribution in [0.3, 0.4) is 0 Å². The van der Waals surface area contributed by atoms with E-state index in [4.69, 9.17) is 9.72 Å². The number of carbonyl (C=O) groups is 1. The smallest absolute Gasteiger partial charge is 0.407 e. The molecular formula is C31H31N7O3S. The second-order valence-corrected chi connectivity index (χ2v) is 11.0. The first kappa shape index (κ1) is 27.4. The van der Waals surface area contributed by atoms with E-state index >= 15 is 0 Å². The van der Waals surface area contributed by atoms with E-state index in [1.807, 2.05) is 36.7 Å². The van der Waals surface area contributed by atoms with Crippen molar-refractivity contribution in [1.29, 1.82) is 0 Å². The summed E-state index contributed by atoms with van der Waals surface area (Å²) in [5, 5.41) is 20.3. The van der Waals surface area contributed by atoms with Crippen LogP contribution in [-0.2, 0) is 0 Å². The second-order valence-electron chi connectivity index (χ2n) is 10.3. The molecule has 1 aliphatic heterocycles. The molecule has 214 valence electrons. The molecule has 2 atom stereocenters. The van der Waals surface area contributed by atoms with Crippen LogP contribution in [0.5, 0.6) is 11.6 Å². The van der Waals surface area contributed by atoms with Gasteiger partial charge in [0.15, 0.2) is 0 Å². The van der Waals surface area contributed by atoms with Gasteiger partial charge >= 0.3 is 6.09 Å². The van der Waals surface area contributed by atoms with Crippen molar-refractivity contribution in [3.8, 4) is 22.9 Å². The number of rotatable bonds is 8. The Bertz CT molecular complexity index is 1710. The normalized spacial score (nSPS) is 15.8. The van der Waals surface area contributed by atoms with Gasteiger partial charge < -0.3 is 25.4 Å². The number of anilines is 2. The number of hydrogen-bond acceptors (Lipinski definition) is 9. The predicted molar refractivity (Wildman–Crippen MR) is 164 cm³/mol. The van der Waals surface area contributed by atoms with Crippen LogP contribution in [0.4, 0.5) is 16.4 Å². The van der Waals surface area contributed by atoms with Crippen LogP contribution >= 0.6 is 11.3 Å². The highest BCUT2D eigenvalue weighted by atomic mass is 32.1. The van der Waals surface area contributed by atoms with Gasteiger partial charge in [0.2, 0.25) is 11.8 Å². The van der Waals surface area contributed by atoms with Gasteiger partial charge in [-0.05, 0) is 56.5 Å². The number of aromatic nitrogens is 4. The summed E-state index contributed by atoms with van der Waals surface area (Å²) >= 11 is 1.58. The van der Waals surface area contributed by atoms with E-state index in [1.165, 1.54) is 4.90 Å². The predicted octanol–water partition coefficient (Wildman–Crippen LogP) is 6.98. The number of pyridine rings is 1. The van der Waals surface area contributed by atoms with Crippen molar-refractivity contribution in [2.75, 3.05) is 23.7 Å². The summed E-state index contributed by atoms with van der Waals surface area (Å²) < 4.78 is 6.57. The number of fused-ring (bicyclic) bond motifs is 1. The third kappa shape index (κ3) is 5.82. The van der Waals surface area contributed by atoms with Crippen molar-refractivity contribution >= 4 is 39.8 Å². The molecule has 11 heteroatoms. The molecule has 1 fully saturated rings. The summed E-state index contributed by atoms with van der Waals surface area (Å²) in [7, 11) is 0. The van der Waals surface area contributed by atoms with Gasteiger partial charge in [0.05, 0.1) is 28.5 Å². The summed E-state index contributed by atoms with van der Waals surface area (Å²) in [5.41, 5.74) is 6.19. The lowest BCUT2D eigenvalue weighted by Gasteiger charge is -2.31. The number of hydrogen-bond donors (Lipinski definition) is 3. The Morgan fingerprint density at radius 2 is 2.00 bits per heavy atom. The molecule has 5 aromatic rings. The van der Waals surface area contributed by atoms with Gasteiger partial charge in [-0.15, -0.1) is 11.3 Å². The second kappa shape index (κ2) is 12.0. The quantitative estimate of drug-likeness (QED) is 0.178. The molecule has 0 saturated carbocycles. The topological polar surface area (TPSA) is 125 Å². The Morgan fingerprint density at radius 1 is 1.10 bits per heavy atom. The first-order chi connectivity index (χ1) is 20.5. The number of ether oxygens (including phenoxy) is 1. The van der Waals surface area contributed by atoms with Crippen LogP contribution in [0.15, 0.2) is 71.8 Å². The number of benzene rings is 2. The van der Waals surface area contributed by atoms with E-state index < -0.39 is 6.09 Å².